The van der Waals surface area contributed by atoms with Crippen molar-refractivity contribution < 1.29 is 13.7 Å². The molecule has 0 radical (unpaired) electrons. The second-order valence-corrected chi connectivity index (χ2v) is 8.32. The highest BCUT2D eigenvalue weighted by molar-refractivity contribution is 7.98. The van der Waals surface area contributed by atoms with Crippen molar-refractivity contribution in [3.8, 4) is 22.8 Å². The highest BCUT2D eigenvalue weighted by Crippen LogP contribution is 2.31. The number of aromatic nitrogens is 5. The Morgan fingerprint density at radius 3 is 2.47 bits per heavy atom. The number of para-hydroxylation sites is 1. The molecular formula is C25H20FN5O2S. The number of methoxy groups -OCH3 is 1. The summed E-state index contributed by atoms with van der Waals surface area (Å²) >= 11 is 1.35. The third-order valence-corrected chi connectivity index (χ3v) is 6.03. The van der Waals surface area contributed by atoms with Crippen LogP contribution in [0.1, 0.15) is 17.3 Å². The third kappa shape index (κ3) is 4.69. The van der Waals surface area contributed by atoms with Crippen molar-refractivity contribution in [3.05, 3.63) is 102 Å². The minimum Gasteiger partial charge on any atom is -0.497 e. The van der Waals surface area contributed by atoms with Crippen molar-refractivity contribution in [2.75, 3.05) is 7.11 Å². The van der Waals surface area contributed by atoms with Crippen LogP contribution in [0.15, 0.2) is 88.5 Å². The van der Waals surface area contributed by atoms with E-state index in [0.29, 0.717) is 40.6 Å². The summed E-state index contributed by atoms with van der Waals surface area (Å²) in [4.78, 5) is 4.48. The molecule has 0 amide bonds. The average Bonchev–Trinajstić information content (AvgIpc) is 3.50. The fraction of sp³-hybridized carbons (Fsp3) is 0.120. The van der Waals surface area contributed by atoms with E-state index in [1.807, 2.05) is 54.6 Å². The highest BCUT2D eigenvalue weighted by Gasteiger charge is 2.20. The molecule has 0 unspecified atom stereocenters. The van der Waals surface area contributed by atoms with E-state index < -0.39 is 0 Å². The Bertz CT molecular complexity index is 1390. The number of benzene rings is 3. The van der Waals surface area contributed by atoms with Gasteiger partial charge in [0.15, 0.2) is 16.8 Å². The second-order valence-electron chi connectivity index (χ2n) is 7.38. The van der Waals surface area contributed by atoms with Gasteiger partial charge < -0.3 is 9.26 Å². The molecule has 0 spiro atoms. The zero-order valence-electron chi connectivity index (χ0n) is 18.3. The summed E-state index contributed by atoms with van der Waals surface area (Å²) in [5.74, 6) is 2.31. The van der Waals surface area contributed by atoms with Crippen molar-refractivity contribution in [2.45, 2.75) is 17.3 Å². The average molecular weight is 474 g/mol. The Labute approximate surface area is 199 Å². The van der Waals surface area contributed by atoms with Gasteiger partial charge in [-0.3, -0.25) is 4.57 Å². The SMILES string of the molecule is COc1ccc(-c2nnc(SCc3nc(Cc4ccccc4)no3)n2-c2ccccc2F)cc1. The summed E-state index contributed by atoms with van der Waals surface area (Å²) in [6.07, 6.45) is 0.585. The van der Waals surface area contributed by atoms with E-state index in [9.17, 15) is 4.39 Å². The van der Waals surface area contributed by atoms with Gasteiger partial charge in [0.1, 0.15) is 11.6 Å². The minimum atomic E-state index is -0.373. The first-order chi connectivity index (χ1) is 16.7. The summed E-state index contributed by atoms with van der Waals surface area (Å²) in [7, 11) is 1.61. The molecule has 5 aromatic rings. The molecule has 0 saturated heterocycles. The molecule has 0 bridgehead atoms. The van der Waals surface area contributed by atoms with Gasteiger partial charge in [0.05, 0.1) is 18.6 Å². The fourth-order valence-corrected chi connectivity index (χ4v) is 4.25. The molecule has 0 aliphatic rings. The molecule has 2 aromatic heterocycles. The van der Waals surface area contributed by atoms with E-state index in [4.69, 9.17) is 9.26 Å². The van der Waals surface area contributed by atoms with E-state index in [-0.39, 0.29) is 5.82 Å². The van der Waals surface area contributed by atoms with Crippen LogP contribution in [-0.4, -0.2) is 32.0 Å². The molecule has 9 heteroatoms. The monoisotopic (exact) mass is 473 g/mol. The molecule has 0 aliphatic carbocycles. The normalized spacial score (nSPS) is 11.0. The lowest BCUT2D eigenvalue weighted by Gasteiger charge is -2.11. The van der Waals surface area contributed by atoms with Crippen LogP contribution in [0.5, 0.6) is 5.75 Å². The lowest BCUT2D eigenvalue weighted by atomic mass is 10.1. The zero-order valence-corrected chi connectivity index (χ0v) is 19.1. The Morgan fingerprint density at radius 1 is 0.941 bits per heavy atom. The molecule has 0 atom stereocenters. The second kappa shape index (κ2) is 9.88. The molecule has 0 aliphatic heterocycles. The van der Waals surface area contributed by atoms with Gasteiger partial charge in [0.25, 0.3) is 0 Å². The van der Waals surface area contributed by atoms with Crippen molar-refractivity contribution >= 4 is 11.8 Å². The van der Waals surface area contributed by atoms with E-state index >= 15 is 0 Å². The molecule has 5 rings (SSSR count). The largest absolute Gasteiger partial charge is 0.497 e. The quantitative estimate of drug-likeness (QED) is 0.281. The van der Waals surface area contributed by atoms with Gasteiger partial charge in [0.2, 0.25) is 5.89 Å². The van der Waals surface area contributed by atoms with Gasteiger partial charge in [0, 0.05) is 12.0 Å². The first kappa shape index (κ1) is 21.8. The number of halogens is 1. The van der Waals surface area contributed by atoms with Gasteiger partial charge >= 0.3 is 0 Å². The van der Waals surface area contributed by atoms with Crippen LogP contribution in [0.4, 0.5) is 4.39 Å². The van der Waals surface area contributed by atoms with Gasteiger partial charge in [-0.2, -0.15) is 4.98 Å². The molecule has 170 valence electrons. The van der Waals surface area contributed by atoms with Crippen LogP contribution >= 0.6 is 11.8 Å². The number of rotatable bonds is 8. The number of hydrogen-bond donors (Lipinski definition) is 0. The number of hydrogen-bond acceptors (Lipinski definition) is 7. The summed E-state index contributed by atoms with van der Waals surface area (Å²) < 4.78 is 27.1. The van der Waals surface area contributed by atoms with Gasteiger partial charge in [-0.05, 0) is 42.0 Å². The highest BCUT2D eigenvalue weighted by atomic mass is 32.2. The Morgan fingerprint density at radius 2 is 1.71 bits per heavy atom. The first-order valence-corrected chi connectivity index (χ1v) is 11.5. The minimum absolute atomic E-state index is 0.358. The van der Waals surface area contributed by atoms with E-state index in [0.717, 1.165) is 16.9 Å². The van der Waals surface area contributed by atoms with E-state index in [2.05, 4.69) is 20.3 Å². The van der Waals surface area contributed by atoms with Crippen LogP contribution in [0.3, 0.4) is 0 Å². The maximum Gasteiger partial charge on any atom is 0.237 e. The third-order valence-electron chi connectivity index (χ3n) is 5.11. The van der Waals surface area contributed by atoms with E-state index in [1.54, 1.807) is 29.9 Å². The fourth-order valence-electron chi connectivity index (χ4n) is 3.47. The van der Waals surface area contributed by atoms with Gasteiger partial charge in [-0.15, -0.1) is 10.2 Å². The number of thioether (sulfide) groups is 1. The number of ether oxygens (including phenoxy) is 1. The molecule has 0 N–H and O–H groups in total. The number of nitrogens with zero attached hydrogens (tertiary/aromatic N) is 5. The van der Waals surface area contributed by atoms with Crippen LogP contribution in [0.25, 0.3) is 17.1 Å². The van der Waals surface area contributed by atoms with Gasteiger partial charge in [-0.25, -0.2) is 4.39 Å². The Kier molecular flexibility index (Phi) is 6.35. The van der Waals surface area contributed by atoms with Crippen LogP contribution in [-0.2, 0) is 12.2 Å². The predicted molar refractivity (Wildman–Crippen MR) is 126 cm³/mol. The summed E-state index contributed by atoms with van der Waals surface area (Å²) in [6.45, 7) is 0. The molecule has 34 heavy (non-hydrogen) atoms. The standard InChI is InChI=1S/C25H20FN5O2S/c1-32-19-13-11-18(12-14-19)24-28-29-25(31(24)21-10-6-5-9-20(21)26)34-16-23-27-22(30-33-23)15-17-7-3-2-4-8-17/h2-14H,15-16H2,1H3. The molecular weight excluding hydrogens is 453 g/mol. The smallest absolute Gasteiger partial charge is 0.237 e. The maximum absolute atomic E-state index is 14.8. The Balaban J connectivity index is 1.41. The topological polar surface area (TPSA) is 78.9 Å². The van der Waals surface area contributed by atoms with Crippen LogP contribution in [0.2, 0.25) is 0 Å². The summed E-state index contributed by atoms with van der Waals surface area (Å²) in [6, 6.07) is 23.9. The first-order valence-electron chi connectivity index (χ1n) is 10.5. The summed E-state index contributed by atoms with van der Waals surface area (Å²) in [5, 5.41) is 13.3. The Hall–Kier alpha value is -3.98. The van der Waals surface area contributed by atoms with E-state index in [1.165, 1.54) is 17.8 Å². The molecule has 2 heterocycles. The van der Waals surface area contributed by atoms with Crippen LogP contribution < -0.4 is 4.74 Å². The predicted octanol–water partition coefficient (Wildman–Crippen LogP) is 5.35. The van der Waals surface area contributed by atoms with Crippen LogP contribution in [0, 0.1) is 5.82 Å². The summed E-state index contributed by atoms with van der Waals surface area (Å²) in [5.41, 5.74) is 2.24. The van der Waals surface area contributed by atoms with Crippen molar-refractivity contribution in [1.29, 1.82) is 0 Å². The lowest BCUT2D eigenvalue weighted by Crippen LogP contribution is -2.02. The molecule has 0 saturated carbocycles. The molecule has 3 aromatic carbocycles. The maximum atomic E-state index is 14.8. The van der Waals surface area contributed by atoms with Crippen molar-refractivity contribution in [3.63, 3.8) is 0 Å². The molecule has 7 nitrogen and oxygen atoms in total. The van der Waals surface area contributed by atoms with Gasteiger partial charge in [-0.1, -0.05) is 59.4 Å². The van der Waals surface area contributed by atoms with Crippen molar-refractivity contribution in [2.24, 2.45) is 0 Å². The molecule has 0 fully saturated rings. The lowest BCUT2D eigenvalue weighted by molar-refractivity contribution is 0.385. The zero-order chi connectivity index (χ0) is 23.3. The van der Waals surface area contributed by atoms with Crippen molar-refractivity contribution in [1.82, 2.24) is 24.9 Å².